The second-order valence-electron chi connectivity index (χ2n) is 2.48. The molecule has 1 aromatic rings. The minimum absolute atomic E-state index is 0.439. The second-order valence-corrected chi connectivity index (χ2v) is 2.48. The van der Waals surface area contributed by atoms with Crippen molar-refractivity contribution >= 4 is 6.03 Å². The fraction of sp³-hybridized carbons (Fsp3) is 0.250. The third-order valence-electron chi connectivity index (χ3n) is 1.75. The summed E-state index contributed by atoms with van der Waals surface area (Å²) in [4.78, 5) is 10.8. The van der Waals surface area contributed by atoms with Gasteiger partial charge < -0.3 is 0 Å². The monoisotopic (exact) mass is 151 g/mol. The van der Waals surface area contributed by atoms with E-state index in [4.69, 9.17) is 5.73 Å². The summed E-state index contributed by atoms with van der Waals surface area (Å²) in [5.41, 5.74) is 7.06. The van der Waals surface area contributed by atoms with E-state index in [0.29, 0.717) is 0 Å². The van der Waals surface area contributed by atoms with Gasteiger partial charge in [-0.2, -0.15) is 9.36 Å². The number of nitrogens with zero attached hydrogens (tertiary/aromatic N) is 1. The SMILES string of the molecule is Cc1ccc[n+](C(N)=O)c1C. The molecule has 0 aromatic carbocycles. The number of hydrogen-bond donors (Lipinski definition) is 1. The van der Waals surface area contributed by atoms with E-state index >= 15 is 0 Å². The zero-order valence-electron chi connectivity index (χ0n) is 6.66. The van der Waals surface area contributed by atoms with Gasteiger partial charge in [0.2, 0.25) is 0 Å². The lowest BCUT2D eigenvalue weighted by molar-refractivity contribution is -0.577. The first-order valence-corrected chi connectivity index (χ1v) is 3.40. The Bertz CT molecular complexity index is 294. The van der Waals surface area contributed by atoms with Crippen LogP contribution in [0.4, 0.5) is 4.79 Å². The summed E-state index contributed by atoms with van der Waals surface area (Å²) in [5, 5.41) is 0. The summed E-state index contributed by atoms with van der Waals surface area (Å²) >= 11 is 0. The fourth-order valence-electron chi connectivity index (χ4n) is 0.935. The highest BCUT2D eigenvalue weighted by Crippen LogP contribution is 1.97. The van der Waals surface area contributed by atoms with Gasteiger partial charge in [-0.3, -0.25) is 5.73 Å². The predicted octanol–water partition coefficient (Wildman–Crippen LogP) is 0.518. The number of aryl methyl sites for hydroxylation is 1. The average Bonchev–Trinajstić information content (AvgIpc) is 1.94. The van der Waals surface area contributed by atoms with Crippen LogP contribution in [0.3, 0.4) is 0 Å². The van der Waals surface area contributed by atoms with E-state index in [1.165, 1.54) is 4.57 Å². The van der Waals surface area contributed by atoms with E-state index in [0.717, 1.165) is 11.3 Å². The van der Waals surface area contributed by atoms with E-state index < -0.39 is 6.03 Å². The zero-order chi connectivity index (χ0) is 8.43. The average molecular weight is 151 g/mol. The summed E-state index contributed by atoms with van der Waals surface area (Å²) in [7, 11) is 0. The molecule has 0 aliphatic rings. The fourth-order valence-corrected chi connectivity index (χ4v) is 0.935. The van der Waals surface area contributed by atoms with E-state index in [1.54, 1.807) is 12.3 Å². The first-order valence-electron chi connectivity index (χ1n) is 3.40. The van der Waals surface area contributed by atoms with Crippen LogP contribution in [0.1, 0.15) is 11.3 Å². The number of rotatable bonds is 0. The third kappa shape index (κ3) is 1.37. The molecule has 0 bridgehead atoms. The topological polar surface area (TPSA) is 47.0 Å². The highest BCUT2D eigenvalue weighted by Gasteiger charge is 2.09. The maximum absolute atomic E-state index is 10.8. The number of carbonyl (C=O) groups excluding carboxylic acids is 1. The lowest BCUT2D eigenvalue weighted by Crippen LogP contribution is -2.49. The van der Waals surface area contributed by atoms with E-state index in [1.807, 2.05) is 19.9 Å². The Morgan fingerprint density at radius 1 is 1.55 bits per heavy atom. The van der Waals surface area contributed by atoms with Gasteiger partial charge in [-0.1, -0.05) is 6.07 Å². The molecule has 0 radical (unpaired) electrons. The van der Waals surface area contributed by atoms with Gasteiger partial charge in [-0.05, 0) is 25.5 Å². The number of amides is 1. The number of hydrogen-bond acceptors (Lipinski definition) is 1. The maximum atomic E-state index is 10.8. The molecule has 0 aliphatic heterocycles. The lowest BCUT2D eigenvalue weighted by atomic mass is 10.2. The van der Waals surface area contributed by atoms with E-state index in [2.05, 4.69) is 0 Å². The smallest absolute Gasteiger partial charge is 0.250 e. The molecular weight excluding hydrogens is 140 g/mol. The van der Waals surface area contributed by atoms with Gasteiger partial charge in [0.25, 0.3) is 0 Å². The van der Waals surface area contributed by atoms with Gasteiger partial charge in [0.1, 0.15) is 5.69 Å². The molecule has 0 saturated heterocycles. The molecule has 0 saturated carbocycles. The number of primary amides is 1. The Morgan fingerprint density at radius 2 is 2.18 bits per heavy atom. The van der Waals surface area contributed by atoms with Gasteiger partial charge in [0.05, 0.1) is 6.20 Å². The molecule has 3 heteroatoms. The van der Waals surface area contributed by atoms with Crippen molar-refractivity contribution in [2.45, 2.75) is 13.8 Å². The number of pyridine rings is 1. The van der Waals surface area contributed by atoms with Crippen molar-refractivity contribution in [3.05, 3.63) is 29.6 Å². The molecule has 1 amide bonds. The summed E-state index contributed by atoms with van der Waals surface area (Å²) in [6.07, 6.45) is 1.66. The van der Waals surface area contributed by atoms with Crippen molar-refractivity contribution in [3.8, 4) is 0 Å². The van der Waals surface area contributed by atoms with Crippen LogP contribution in [-0.2, 0) is 0 Å². The van der Waals surface area contributed by atoms with E-state index in [9.17, 15) is 4.79 Å². The quantitative estimate of drug-likeness (QED) is 0.540. The lowest BCUT2D eigenvalue weighted by Gasteiger charge is -1.99. The van der Waals surface area contributed by atoms with Gasteiger partial charge in [0, 0.05) is 0 Å². The first kappa shape index (κ1) is 7.72. The van der Waals surface area contributed by atoms with Crippen LogP contribution < -0.4 is 10.3 Å². The molecule has 0 unspecified atom stereocenters. The Hall–Kier alpha value is -1.38. The Balaban J connectivity index is 3.27. The molecule has 2 N–H and O–H groups in total. The third-order valence-corrected chi connectivity index (χ3v) is 1.75. The molecule has 0 spiro atoms. The van der Waals surface area contributed by atoms with Gasteiger partial charge >= 0.3 is 6.03 Å². The van der Waals surface area contributed by atoms with Crippen LogP contribution in [-0.4, -0.2) is 6.03 Å². The van der Waals surface area contributed by atoms with Crippen molar-refractivity contribution in [1.29, 1.82) is 0 Å². The molecule has 58 valence electrons. The van der Waals surface area contributed by atoms with Crippen molar-refractivity contribution in [1.82, 2.24) is 0 Å². The minimum atomic E-state index is -0.439. The molecule has 0 atom stereocenters. The first-order chi connectivity index (χ1) is 5.13. The summed E-state index contributed by atoms with van der Waals surface area (Å²) in [6, 6.07) is 3.30. The molecule has 11 heavy (non-hydrogen) atoms. The van der Waals surface area contributed by atoms with Crippen molar-refractivity contribution in [2.75, 3.05) is 0 Å². The largest absolute Gasteiger partial charge is 0.493 e. The molecule has 1 heterocycles. The highest BCUT2D eigenvalue weighted by atomic mass is 16.2. The van der Waals surface area contributed by atoms with Crippen LogP contribution in [0.2, 0.25) is 0 Å². The molecular formula is C8H11N2O+. The van der Waals surface area contributed by atoms with Crippen molar-refractivity contribution in [3.63, 3.8) is 0 Å². The standard InChI is InChI=1S/C8H10N2O/c1-6-4-3-5-10(7(6)2)8(9)11/h3-5H,1-2H3,(H-,9,11)/p+1. The van der Waals surface area contributed by atoms with Crippen LogP contribution in [0.5, 0.6) is 0 Å². The van der Waals surface area contributed by atoms with Crippen LogP contribution >= 0.6 is 0 Å². The number of aromatic nitrogens is 1. The van der Waals surface area contributed by atoms with Crippen LogP contribution in [0.15, 0.2) is 18.3 Å². The van der Waals surface area contributed by atoms with Gasteiger partial charge in [-0.25, -0.2) is 0 Å². The zero-order valence-corrected chi connectivity index (χ0v) is 6.66. The van der Waals surface area contributed by atoms with Crippen molar-refractivity contribution < 1.29 is 9.36 Å². The Labute approximate surface area is 65.5 Å². The molecule has 0 fully saturated rings. The molecule has 3 nitrogen and oxygen atoms in total. The normalized spacial score (nSPS) is 9.64. The Morgan fingerprint density at radius 3 is 2.64 bits per heavy atom. The highest BCUT2D eigenvalue weighted by molar-refractivity contribution is 5.61. The molecule has 1 aromatic heterocycles. The number of carbonyl (C=O) groups is 1. The number of nitrogens with two attached hydrogens (primary N) is 1. The summed E-state index contributed by atoms with van der Waals surface area (Å²) in [5.74, 6) is 0. The van der Waals surface area contributed by atoms with E-state index in [-0.39, 0.29) is 0 Å². The maximum Gasteiger partial charge on any atom is 0.493 e. The predicted molar refractivity (Wildman–Crippen MR) is 41.1 cm³/mol. The Kier molecular flexibility index (Phi) is 1.89. The summed E-state index contributed by atoms with van der Waals surface area (Å²) < 4.78 is 1.43. The van der Waals surface area contributed by atoms with Gasteiger partial charge in [0.15, 0.2) is 0 Å². The minimum Gasteiger partial charge on any atom is -0.250 e. The van der Waals surface area contributed by atoms with Crippen molar-refractivity contribution in [2.24, 2.45) is 5.73 Å². The molecule has 1 rings (SSSR count). The van der Waals surface area contributed by atoms with Crippen LogP contribution in [0, 0.1) is 13.8 Å². The summed E-state index contributed by atoms with van der Waals surface area (Å²) in [6.45, 7) is 3.80. The van der Waals surface area contributed by atoms with Gasteiger partial charge in [-0.15, -0.1) is 0 Å². The second kappa shape index (κ2) is 2.70. The molecule has 0 aliphatic carbocycles. The van der Waals surface area contributed by atoms with Crippen LogP contribution in [0.25, 0.3) is 0 Å².